The molecule has 0 bridgehead atoms. The first-order chi connectivity index (χ1) is 11.9. The van der Waals surface area contributed by atoms with Crippen LogP contribution in [0.25, 0.3) is 0 Å². The van der Waals surface area contributed by atoms with Crippen LogP contribution in [0.2, 0.25) is 0 Å². The normalized spacial score (nSPS) is 12.0. The van der Waals surface area contributed by atoms with Crippen LogP contribution in [0.3, 0.4) is 0 Å². The molecule has 0 unspecified atom stereocenters. The Morgan fingerprint density at radius 1 is 1.16 bits per heavy atom. The standard InChI is InChI=1S/C18H20FN3O3/c1-21(2)12-10-20-18(25)16(22-11-4-3-5-15(22)23)17(24)13-6-8-14(19)9-7-13/h3-9,11,16H,10,12H2,1-2H3,(H,20,25)/t16-/m0/s1. The molecular formula is C18H20FN3O3. The van der Waals surface area contributed by atoms with Crippen LogP contribution in [0, 0.1) is 5.82 Å². The molecule has 2 rings (SSSR count). The van der Waals surface area contributed by atoms with E-state index in [1.807, 2.05) is 19.0 Å². The van der Waals surface area contributed by atoms with Crippen molar-refractivity contribution in [2.45, 2.75) is 6.04 Å². The minimum Gasteiger partial charge on any atom is -0.353 e. The number of pyridine rings is 1. The molecule has 0 fully saturated rings. The molecule has 0 saturated carbocycles. The quantitative estimate of drug-likeness (QED) is 0.602. The van der Waals surface area contributed by atoms with Crippen molar-refractivity contribution in [1.29, 1.82) is 0 Å². The van der Waals surface area contributed by atoms with Gasteiger partial charge in [-0.25, -0.2) is 4.39 Å². The highest BCUT2D eigenvalue weighted by Gasteiger charge is 2.29. The summed E-state index contributed by atoms with van der Waals surface area (Å²) in [5, 5.41) is 2.67. The van der Waals surface area contributed by atoms with Crippen LogP contribution < -0.4 is 10.9 Å². The van der Waals surface area contributed by atoms with E-state index in [-0.39, 0.29) is 5.56 Å². The van der Waals surface area contributed by atoms with E-state index in [9.17, 15) is 18.8 Å². The van der Waals surface area contributed by atoms with Gasteiger partial charge in [0.15, 0.2) is 11.8 Å². The number of carbonyl (C=O) groups excluding carboxylic acids is 2. The molecule has 2 aromatic rings. The number of Topliss-reactive ketones (excluding diaryl/α,β-unsaturated/α-hetero) is 1. The van der Waals surface area contributed by atoms with Gasteiger partial charge in [-0.15, -0.1) is 0 Å². The average molecular weight is 345 g/mol. The third-order valence-electron chi connectivity index (χ3n) is 3.61. The maximum absolute atomic E-state index is 13.1. The number of nitrogens with zero attached hydrogens (tertiary/aromatic N) is 2. The number of nitrogens with one attached hydrogen (secondary N) is 1. The summed E-state index contributed by atoms with van der Waals surface area (Å²) in [5.41, 5.74) is -0.310. The second kappa shape index (κ2) is 8.34. The molecule has 0 spiro atoms. The number of ketones is 1. The smallest absolute Gasteiger partial charge is 0.251 e. The van der Waals surface area contributed by atoms with E-state index in [2.05, 4.69) is 5.32 Å². The van der Waals surface area contributed by atoms with E-state index in [4.69, 9.17) is 0 Å². The number of rotatable bonds is 7. The summed E-state index contributed by atoms with van der Waals surface area (Å²) in [5.74, 6) is -1.64. The summed E-state index contributed by atoms with van der Waals surface area (Å²) < 4.78 is 14.2. The molecule has 1 amide bonds. The van der Waals surface area contributed by atoms with Crippen LogP contribution in [-0.4, -0.2) is 48.3 Å². The van der Waals surface area contributed by atoms with Crippen molar-refractivity contribution >= 4 is 11.7 Å². The van der Waals surface area contributed by atoms with Gasteiger partial charge in [0.1, 0.15) is 5.82 Å². The van der Waals surface area contributed by atoms with Gasteiger partial charge < -0.3 is 10.2 Å². The van der Waals surface area contributed by atoms with Crippen LogP contribution in [0.5, 0.6) is 0 Å². The number of carbonyl (C=O) groups is 2. The Morgan fingerprint density at radius 2 is 1.84 bits per heavy atom. The van der Waals surface area contributed by atoms with Crippen molar-refractivity contribution in [3.8, 4) is 0 Å². The van der Waals surface area contributed by atoms with Gasteiger partial charge in [0, 0.05) is 30.9 Å². The number of halogens is 1. The number of likely N-dealkylation sites (N-methyl/N-ethyl adjacent to an activating group) is 1. The predicted octanol–water partition coefficient (Wildman–Crippen LogP) is 1.09. The molecule has 1 heterocycles. The van der Waals surface area contributed by atoms with E-state index in [0.29, 0.717) is 13.1 Å². The van der Waals surface area contributed by atoms with E-state index in [1.165, 1.54) is 30.5 Å². The first kappa shape index (κ1) is 18.5. The summed E-state index contributed by atoms with van der Waals surface area (Å²) in [7, 11) is 3.71. The Bertz CT molecular complexity index is 800. The Labute approximate surface area is 144 Å². The second-order valence-electron chi connectivity index (χ2n) is 5.81. The molecule has 25 heavy (non-hydrogen) atoms. The summed E-state index contributed by atoms with van der Waals surface area (Å²) in [6, 6.07) is 7.91. The molecule has 1 N–H and O–H groups in total. The fourth-order valence-corrected chi connectivity index (χ4v) is 2.30. The minimum absolute atomic E-state index is 0.157. The van der Waals surface area contributed by atoms with Crippen LogP contribution >= 0.6 is 0 Å². The lowest BCUT2D eigenvalue weighted by Crippen LogP contribution is -2.43. The van der Waals surface area contributed by atoms with E-state index in [1.54, 1.807) is 6.07 Å². The fraction of sp³-hybridized carbons (Fsp3) is 0.278. The first-order valence-electron chi connectivity index (χ1n) is 7.79. The molecule has 6 nitrogen and oxygen atoms in total. The van der Waals surface area contributed by atoms with Crippen molar-refractivity contribution in [3.05, 3.63) is 70.4 Å². The van der Waals surface area contributed by atoms with Gasteiger partial charge in [-0.1, -0.05) is 6.07 Å². The highest BCUT2D eigenvalue weighted by molar-refractivity contribution is 6.11. The molecule has 0 aliphatic heterocycles. The van der Waals surface area contributed by atoms with Gasteiger partial charge in [0.2, 0.25) is 0 Å². The van der Waals surface area contributed by atoms with Gasteiger partial charge in [-0.3, -0.25) is 19.0 Å². The Balaban J connectivity index is 2.33. The number of hydrogen-bond acceptors (Lipinski definition) is 4. The van der Waals surface area contributed by atoms with E-state index >= 15 is 0 Å². The van der Waals surface area contributed by atoms with Crippen molar-refractivity contribution < 1.29 is 14.0 Å². The first-order valence-corrected chi connectivity index (χ1v) is 7.79. The van der Waals surface area contributed by atoms with Crippen LogP contribution in [-0.2, 0) is 4.79 Å². The van der Waals surface area contributed by atoms with Crippen LogP contribution in [0.15, 0.2) is 53.5 Å². The molecule has 7 heteroatoms. The third kappa shape index (κ3) is 4.84. The van der Waals surface area contributed by atoms with Crippen molar-refractivity contribution in [1.82, 2.24) is 14.8 Å². The summed E-state index contributed by atoms with van der Waals surface area (Å²) in [4.78, 5) is 39.3. The average Bonchev–Trinajstić information content (AvgIpc) is 2.57. The van der Waals surface area contributed by atoms with E-state index in [0.717, 1.165) is 16.7 Å². The van der Waals surface area contributed by atoms with Crippen molar-refractivity contribution in [2.75, 3.05) is 27.2 Å². The van der Waals surface area contributed by atoms with E-state index < -0.39 is 29.1 Å². The molecule has 0 radical (unpaired) electrons. The van der Waals surface area contributed by atoms with Gasteiger partial charge in [0.05, 0.1) is 0 Å². The maximum Gasteiger partial charge on any atom is 0.251 e. The lowest BCUT2D eigenvalue weighted by Gasteiger charge is -2.19. The summed E-state index contributed by atoms with van der Waals surface area (Å²) in [6.45, 7) is 0.924. The van der Waals surface area contributed by atoms with Crippen LogP contribution in [0.4, 0.5) is 4.39 Å². The number of aromatic nitrogens is 1. The molecule has 0 saturated heterocycles. The molecule has 0 aliphatic rings. The Hall–Kier alpha value is -2.80. The zero-order chi connectivity index (χ0) is 18.4. The summed E-state index contributed by atoms with van der Waals surface area (Å²) in [6.07, 6.45) is 1.39. The maximum atomic E-state index is 13.1. The van der Waals surface area contributed by atoms with Gasteiger partial charge >= 0.3 is 0 Å². The Morgan fingerprint density at radius 3 is 2.44 bits per heavy atom. The topological polar surface area (TPSA) is 71.4 Å². The zero-order valence-corrected chi connectivity index (χ0v) is 14.1. The highest BCUT2D eigenvalue weighted by atomic mass is 19.1. The number of hydrogen-bond donors (Lipinski definition) is 1. The molecule has 1 aromatic heterocycles. The monoisotopic (exact) mass is 345 g/mol. The van der Waals surface area contributed by atoms with Gasteiger partial charge in [-0.2, -0.15) is 0 Å². The Kier molecular flexibility index (Phi) is 6.19. The molecule has 1 atom stereocenters. The predicted molar refractivity (Wildman–Crippen MR) is 92.0 cm³/mol. The fourth-order valence-electron chi connectivity index (χ4n) is 2.30. The molecule has 1 aromatic carbocycles. The second-order valence-corrected chi connectivity index (χ2v) is 5.81. The minimum atomic E-state index is -1.35. The lowest BCUT2D eigenvalue weighted by atomic mass is 10.0. The highest BCUT2D eigenvalue weighted by Crippen LogP contribution is 2.14. The SMILES string of the molecule is CN(C)CCNC(=O)[C@H](C(=O)c1ccc(F)cc1)n1ccccc1=O. The molecular weight excluding hydrogens is 325 g/mol. The number of benzene rings is 1. The van der Waals surface area contributed by atoms with Crippen molar-refractivity contribution in [3.63, 3.8) is 0 Å². The number of amides is 1. The van der Waals surface area contributed by atoms with Gasteiger partial charge in [-0.05, 0) is 44.4 Å². The van der Waals surface area contributed by atoms with Crippen LogP contribution in [0.1, 0.15) is 16.4 Å². The summed E-state index contributed by atoms with van der Waals surface area (Å²) >= 11 is 0. The zero-order valence-electron chi connectivity index (χ0n) is 14.1. The molecule has 0 aliphatic carbocycles. The third-order valence-corrected chi connectivity index (χ3v) is 3.61. The molecule has 132 valence electrons. The van der Waals surface area contributed by atoms with Gasteiger partial charge in [0.25, 0.3) is 11.5 Å². The lowest BCUT2D eigenvalue weighted by molar-refractivity contribution is -0.123. The van der Waals surface area contributed by atoms with Crippen molar-refractivity contribution in [2.24, 2.45) is 0 Å². The largest absolute Gasteiger partial charge is 0.353 e.